The zero-order chi connectivity index (χ0) is 12.0. The van der Waals surface area contributed by atoms with E-state index in [0.717, 1.165) is 18.6 Å². The summed E-state index contributed by atoms with van der Waals surface area (Å²) < 4.78 is 27.9. The third-order valence-corrected chi connectivity index (χ3v) is 4.94. The number of thioether (sulfide) groups is 1. The molecule has 1 saturated heterocycles. The highest BCUT2D eigenvalue weighted by Crippen LogP contribution is 2.17. The zero-order valence-corrected chi connectivity index (χ0v) is 11.3. The van der Waals surface area contributed by atoms with Gasteiger partial charge in [0, 0.05) is 25.4 Å². The number of piperidine rings is 1. The van der Waals surface area contributed by atoms with E-state index in [4.69, 9.17) is 5.73 Å². The van der Waals surface area contributed by atoms with E-state index in [2.05, 4.69) is 4.72 Å². The fraction of sp³-hybridized carbons (Fsp3) is 1.00. The van der Waals surface area contributed by atoms with Crippen molar-refractivity contribution in [2.45, 2.75) is 12.8 Å². The Bertz CT molecular complexity index is 295. The maximum absolute atomic E-state index is 11.9. The molecule has 0 aromatic rings. The number of hydrogen-bond acceptors (Lipinski definition) is 4. The van der Waals surface area contributed by atoms with E-state index in [-0.39, 0.29) is 0 Å². The summed E-state index contributed by atoms with van der Waals surface area (Å²) in [5.74, 6) is 1.11. The van der Waals surface area contributed by atoms with Gasteiger partial charge in [0.25, 0.3) is 10.2 Å². The average Bonchev–Trinajstić information content (AvgIpc) is 2.29. The third-order valence-electron chi connectivity index (χ3n) is 2.75. The van der Waals surface area contributed by atoms with Gasteiger partial charge >= 0.3 is 0 Å². The summed E-state index contributed by atoms with van der Waals surface area (Å²) in [7, 11) is -3.28. The van der Waals surface area contributed by atoms with Crippen LogP contribution in [0.1, 0.15) is 12.8 Å². The number of hydrogen-bond donors (Lipinski definition) is 2. The molecule has 0 bridgehead atoms. The van der Waals surface area contributed by atoms with Gasteiger partial charge in [0.2, 0.25) is 0 Å². The van der Waals surface area contributed by atoms with Gasteiger partial charge in [-0.2, -0.15) is 24.5 Å². The van der Waals surface area contributed by atoms with Gasteiger partial charge in [-0.1, -0.05) is 0 Å². The van der Waals surface area contributed by atoms with Crippen molar-refractivity contribution < 1.29 is 8.42 Å². The molecule has 3 N–H and O–H groups in total. The molecule has 16 heavy (non-hydrogen) atoms. The van der Waals surface area contributed by atoms with Crippen molar-refractivity contribution in [3.05, 3.63) is 0 Å². The zero-order valence-electron chi connectivity index (χ0n) is 9.68. The van der Waals surface area contributed by atoms with Gasteiger partial charge in [0.15, 0.2) is 0 Å². The Hall–Kier alpha value is 0.180. The van der Waals surface area contributed by atoms with Gasteiger partial charge in [-0.05, 0) is 31.6 Å². The van der Waals surface area contributed by atoms with E-state index in [1.165, 1.54) is 4.31 Å². The minimum absolute atomic E-state index is 0.311. The Morgan fingerprint density at radius 3 is 2.94 bits per heavy atom. The lowest BCUT2D eigenvalue weighted by Crippen LogP contribution is -2.47. The first-order valence-corrected chi connectivity index (χ1v) is 8.37. The Kier molecular flexibility index (Phi) is 6.06. The molecular weight excluding hydrogens is 246 g/mol. The first-order chi connectivity index (χ1) is 7.60. The second-order valence-electron chi connectivity index (χ2n) is 3.99. The number of nitrogens with one attached hydrogen (secondary N) is 1. The molecule has 5 nitrogen and oxygen atoms in total. The van der Waals surface area contributed by atoms with Crippen molar-refractivity contribution >= 4 is 22.0 Å². The standard InChI is InChI=1S/C9H21N3O2S2/c1-15-6-4-11-16(13,14)12-5-2-3-9(7-10)8-12/h9,11H,2-8,10H2,1H3. The Labute approximate surface area is 102 Å². The summed E-state index contributed by atoms with van der Waals surface area (Å²) in [6.07, 6.45) is 3.90. The molecule has 0 radical (unpaired) electrons. The van der Waals surface area contributed by atoms with E-state index < -0.39 is 10.2 Å². The molecule has 1 atom stereocenters. The molecule has 1 aliphatic rings. The van der Waals surface area contributed by atoms with Crippen LogP contribution in [0.15, 0.2) is 0 Å². The Morgan fingerprint density at radius 2 is 2.31 bits per heavy atom. The van der Waals surface area contributed by atoms with Gasteiger partial charge < -0.3 is 5.73 Å². The molecule has 0 aromatic heterocycles. The summed E-state index contributed by atoms with van der Waals surface area (Å²) in [6, 6.07) is 0. The van der Waals surface area contributed by atoms with Crippen molar-refractivity contribution in [1.82, 2.24) is 9.03 Å². The second kappa shape index (κ2) is 6.80. The SMILES string of the molecule is CSCCNS(=O)(=O)N1CCCC(CN)C1. The number of nitrogens with zero attached hydrogens (tertiary/aromatic N) is 1. The van der Waals surface area contributed by atoms with Crippen molar-refractivity contribution in [3.8, 4) is 0 Å². The molecule has 1 fully saturated rings. The van der Waals surface area contributed by atoms with Crippen LogP contribution in [0.4, 0.5) is 0 Å². The maximum Gasteiger partial charge on any atom is 0.279 e. The number of nitrogens with two attached hydrogens (primary N) is 1. The highest BCUT2D eigenvalue weighted by molar-refractivity contribution is 7.98. The minimum Gasteiger partial charge on any atom is -0.330 e. The molecule has 1 aliphatic heterocycles. The lowest BCUT2D eigenvalue weighted by molar-refractivity contribution is 0.269. The largest absolute Gasteiger partial charge is 0.330 e. The molecule has 0 amide bonds. The van der Waals surface area contributed by atoms with Gasteiger partial charge in [-0.15, -0.1) is 0 Å². The van der Waals surface area contributed by atoms with Crippen LogP contribution in [0.3, 0.4) is 0 Å². The summed E-state index contributed by atoms with van der Waals surface area (Å²) in [5.41, 5.74) is 5.59. The van der Waals surface area contributed by atoms with Crippen LogP contribution in [0.2, 0.25) is 0 Å². The summed E-state index contributed by atoms with van der Waals surface area (Å²) in [5, 5.41) is 0. The molecule has 1 unspecified atom stereocenters. The quantitative estimate of drug-likeness (QED) is 0.657. The van der Waals surface area contributed by atoms with Gasteiger partial charge in [-0.3, -0.25) is 0 Å². The molecule has 0 spiro atoms. The smallest absolute Gasteiger partial charge is 0.279 e. The van der Waals surface area contributed by atoms with E-state index >= 15 is 0 Å². The predicted molar refractivity (Wildman–Crippen MR) is 68.7 cm³/mol. The van der Waals surface area contributed by atoms with E-state index in [0.29, 0.717) is 32.1 Å². The molecular formula is C9H21N3O2S2. The minimum atomic E-state index is -3.28. The first-order valence-electron chi connectivity index (χ1n) is 5.54. The summed E-state index contributed by atoms with van der Waals surface area (Å²) in [6.45, 7) is 2.24. The van der Waals surface area contributed by atoms with Gasteiger partial charge in [0.1, 0.15) is 0 Å². The fourth-order valence-electron chi connectivity index (χ4n) is 1.80. The lowest BCUT2D eigenvalue weighted by atomic mass is 10.0. The van der Waals surface area contributed by atoms with E-state index in [9.17, 15) is 8.42 Å². The van der Waals surface area contributed by atoms with Crippen molar-refractivity contribution in [1.29, 1.82) is 0 Å². The van der Waals surface area contributed by atoms with Crippen LogP contribution >= 0.6 is 11.8 Å². The highest BCUT2D eigenvalue weighted by atomic mass is 32.2. The summed E-state index contributed by atoms with van der Waals surface area (Å²) in [4.78, 5) is 0. The first kappa shape index (κ1) is 14.2. The van der Waals surface area contributed by atoms with Gasteiger partial charge in [0.05, 0.1) is 0 Å². The van der Waals surface area contributed by atoms with Crippen molar-refractivity contribution in [2.75, 3.05) is 38.2 Å². The summed E-state index contributed by atoms with van der Waals surface area (Å²) >= 11 is 1.63. The molecule has 1 heterocycles. The van der Waals surface area contributed by atoms with E-state index in [1.54, 1.807) is 11.8 Å². The van der Waals surface area contributed by atoms with Crippen LogP contribution in [-0.2, 0) is 10.2 Å². The van der Waals surface area contributed by atoms with Crippen LogP contribution in [0.25, 0.3) is 0 Å². The fourth-order valence-corrected chi connectivity index (χ4v) is 3.56. The highest BCUT2D eigenvalue weighted by Gasteiger charge is 2.27. The van der Waals surface area contributed by atoms with Crippen LogP contribution in [0, 0.1) is 5.92 Å². The van der Waals surface area contributed by atoms with Crippen molar-refractivity contribution in [3.63, 3.8) is 0 Å². The third kappa shape index (κ3) is 4.21. The Morgan fingerprint density at radius 1 is 1.56 bits per heavy atom. The monoisotopic (exact) mass is 267 g/mol. The van der Waals surface area contributed by atoms with E-state index in [1.807, 2.05) is 6.26 Å². The van der Waals surface area contributed by atoms with Crippen molar-refractivity contribution in [2.24, 2.45) is 11.7 Å². The molecule has 96 valence electrons. The second-order valence-corrected chi connectivity index (χ2v) is 6.73. The average molecular weight is 267 g/mol. The molecule has 7 heteroatoms. The van der Waals surface area contributed by atoms with Crippen LogP contribution in [-0.4, -0.2) is 50.9 Å². The molecule has 0 aliphatic carbocycles. The Balaban J connectivity index is 2.47. The molecule has 0 aromatic carbocycles. The molecule has 1 rings (SSSR count). The molecule has 0 saturated carbocycles. The number of rotatable bonds is 6. The maximum atomic E-state index is 11.9. The normalized spacial score (nSPS) is 23.5. The van der Waals surface area contributed by atoms with Crippen LogP contribution < -0.4 is 10.5 Å². The predicted octanol–water partition coefficient (Wildman–Crippen LogP) is -0.145. The van der Waals surface area contributed by atoms with Crippen LogP contribution in [0.5, 0.6) is 0 Å². The lowest BCUT2D eigenvalue weighted by Gasteiger charge is -2.31. The van der Waals surface area contributed by atoms with Gasteiger partial charge in [-0.25, -0.2) is 4.72 Å². The topological polar surface area (TPSA) is 75.4 Å².